The van der Waals surface area contributed by atoms with Crippen molar-refractivity contribution in [3.63, 3.8) is 0 Å². The van der Waals surface area contributed by atoms with Crippen LogP contribution in [0.1, 0.15) is 10.4 Å². The van der Waals surface area contributed by atoms with Crippen LogP contribution in [0.2, 0.25) is 0 Å². The zero-order chi connectivity index (χ0) is 12.4. The summed E-state index contributed by atoms with van der Waals surface area (Å²) in [5.74, 6) is 0.00296. The van der Waals surface area contributed by atoms with Gasteiger partial charge >= 0.3 is 0 Å². The average Bonchev–Trinajstić information content (AvgIpc) is 2.68. The van der Waals surface area contributed by atoms with Crippen LogP contribution < -0.4 is 0 Å². The van der Waals surface area contributed by atoms with Crippen LogP contribution in [0, 0.1) is 0 Å². The van der Waals surface area contributed by atoms with Gasteiger partial charge in [-0.2, -0.15) is 0 Å². The van der Waals surface area contributed by atoms with Gasteiger partial charge in [-0.25, -0.2) is 0 Å². The number of aromatic nitrogens is 1. The highest BCUT2D eigenvalue weighted by Gasteiger charge is 2.11. The van der Waals surface area contributed by atoms with E-state index in [0.717, 1.165) is 17.2 Å². The first kappa shape index (κ1) is 11.4. The fourth-order valence-electron chi connectivity index (χ4n) is 1.79. The molecule has 0 atom stereocenters. The molecule has 0 fully saturated rings. The van der Waals surface area contributed by atoms with Crippen molar-refractivity contribution in [2.45, 2.75) is 6.54 Å². The third-order valence-electron chi connectivity index (χ3n) is 2.75. The molecule has 0 aliphatic heterocycles. The minimum absolute atomic E-state index is 0.00296. The molecule has 1 heterocycles. The molecule has 0 unspecified atom stereocenters. The molecule has 0 saturated carbocycles. The highest BCUT2D eigenvalue weighted by molar-refractivity contribution is 5.98. The molecule has 4 nitrogen and oxygen atoms in total. The maximum atomic E-state index is 11.7. The Labute approximate surface area is 99.4 Å². The normalized spacial score (nSPS) is 10.5. The number of likely N-dealkylation sites (N-methyl/N-ethyl adjacent to an activating group) is 1. The average molecular weight is 230 g/mol. The van der Waals surface area contributed by atoms with Gasteiger partial charge in [0.1, 0.15) is 6.54 Å². The van der Waals surface area contributed by atoms with Crippen molar-refractivity contribution in [2.75, 3.05) is 14.1 Å². The van der Waals surface area contributed by atoms with E-state index < -0.39 is 0 Å². The van der Waals surface area contributed by atoms with Gasteiger partial charge in [0.15, 0.2) is 6.29 Å². The number of hydrogen-bond donors (Lipinski definition) is 0. The molecule has 2 aromatic rings. The van der Waals surface area contributed by atoms with Gasteiger partial charge in [-0.3, -0.25) is 9.59 Å². The van der Waals surface area contributed by atoms with Gasteiger partial charge in [-0.15, -0.1) is 0 Å². The van der Waals surface area contributed by atoms with Gasteiger partial charge < -0.3 is 9.47 Å². The lowest BCUT2D eigenvalue weighted by Gasteiger charge is -2.11. The van der Waals surface area contributed by atoms with E-state index in [1.807, 2.05) is 24.3 Å². The lowest BCUT2D eigenvalue weighted by Crippen LogP contribution is -2.25. The number of carbonyl (C=O) groups excluding carboxylic acids is 2. The Bertz CT molecular complexity index is 570. The lowest BCUT2D eigenvalue weighted by atomic mass is 10.2. The summed E-state index contributed by atoms with van der Waals surface area (Å²) in [6.07, 6.45) is 2.54. The third kappa shape index (κ3) is 2.06. The summed E-state index contributed by atoms with van der Waals surface area (Å²) in [7, 11) is 3.43. The van der Waals surface area contributed by atoms with Crippen LogP contribution in [0.4, 0.5) is 0 Å². The van der Waals surface area contributed by atoms with E-state index >= 15 is 0 Å². The Kier molecular flexibility index (Phi) is 2.95. The SMILES string of the molecule is CN(C)C(=O)Cn1cc(C=O)c2ccccc21. The first-order valence-corrected chi connectivity index (χ1v) is 5.36. The van der Waals surface area contributed by atoms with Crippen molar-refractivity contribution in [3.05, 3.63) is 36.0 Å². The number of rotatable bonds is 3. The highest BCUT2D eigenvalue weighted by atomic mass is 16.2. The number of nitrogens with zero attached hydrogens (tertiary/aromatic N) is 2. The number of amides is 1. The molecule has 2 rings (SSSR count). The van der Waals surface area contributed by atoms with Gasteiger partial charge in [0.2, 0.25) is 5.91 Å². The van der Waals surface area contributed by atoms with E-state index in [1.54, 1.807) is 24.9 Å². The van der Waals surface area contributed by atoms with E-state index in [0.29, 0.717) is 5.56 Å². The minimum atomic E-state index is 0.00296. The molecule has 1 aromatic carbocycles. The van der Waals surface area contributed by atoms with Crippen molar-refractivity contribution < 1.29 is 9.59 Å². The van der Waals surface area contributed by atoms with E-state index in [4.69, 9.17) is 0 Å². The topological polar surface area (TPSA) is 42.3 Å². The van der Waals surface area contributed by atoms with Crippen LogP contribution >= 0.6 is 0 Å². The maximum absolute atomic E-state index is 11.7. The number of benzene rings is 1. The molecule has 17 heavy (non-hydrogen) atoms. The molecule has 4 heteroatoms. The van der Waals surface area contributed by atoms with E-state index in [2.05, 4.69) is 0 Å². The molecule has 0 bridgehead atoms. The summed E-state index contributed by atoms with van der Waals surface area (Å²) in [6.45, 7) is 0.251. The van der Waals surface area contributed by atoms with E-state index in [1.165, 1.54) is 4.90 Å². The van der Waals surface area contributed by atoms with Crippen LogP contribution in [0.3, 0.4) is 0 Å². The molecule has 1 aromatic heterocycles. The summed E-state index contributed by atoms with van der Waals surface area (Å²) < 4.78 is 1.81. The summed E-state index contributed by atoms with van der Waals surface area (Å²) in [5, 5.41) is 0.883. The summed E-state index contributed by atoms with van der Waals surface area (Å²) in [5.41, 5.74) is 1.52. The monoisotopic (exact) mass is 230 g/mol. The lowest BCUT2D eigenvalue weighted by molar-refractivity contribution is -0.129. The van der Waals surface area contributed by atoms with Crippen LogP contribution in [0.15, 0.2) is 30.5 Å². The Hall–Kier alpha value is -2.10. The molecule has 0 radical (unpaired) electrons. The number of para-hydroxylation sites is 1. The molecule has 0 aliphatic rings. The van der Waals surface area contributed by atoms with Crippen molar-refractivity contribution in [2.24, 2.45) is 0 Å². The first-order valence-electron chi connectivity index (χ1n) is 5.36. The maximum Gasteiger partial charge on any atom is 0.241 e. The van der Waals surface area contributed by atoms with Gasteiger partial charge in [0.25, 0.3) is 0 Å². The van der Waals surface area contributed by atoms with Crippen molar-refractivity contribution in [3.8, 4) is 0 Å². The van der Waals surface area contributed by atoms with Crippen LogP contribution in [0.5, 0.6) is 0 Å². The molecule has 1 amide bonds. The quantitative estimate of drug-likeness (QED) is 0.751. The number of carbonyl (C=O) groups is 2. The molecular weight excluding hydrogens is 216 g/mol. The molecular formula is C13H14N2O2. The standard InChI is InChI=1S/C13H14N2O2/c1-14(2)13(17)8-15-7-10(9-16)11-5-3-4-6-12(11)15/h3-7,9H,8H2,1-2H3. The predicted octanol–water partition coefficient (Wildman–Crippen LogP) is 1.54. The molecule has 0 N–H and O–H groups in total. The Morgan fingerprint density at radius 2 is 2.06 bits per heavy atom. The largest absolute Gasteiger partial charge is 0.347 e. The molecule has 0 spiro atoms. The fourth-order valence-corrected chi connectivity index (χ4v) is 1.79. The second-order valence-corrected chi connectivity index (χ2v) is 4.14. The highest BCUT2D eigenvalue weighted by Crippen LogP contribution is 2.19. The van der Waals surface area contributed by atoms with Crippen molar-refractivity contribution in [1.29, 1.82) is 0 Å². The van der Waals surface area contributed by atoms with Gasteiger partial charge in [0, 0.05) is 36.8 Å². The van der Waals surface area contributed by atoms with E-state index in [-0.39, 0.29) is 12.5 Å². The Morgan fingerprint density at radius 3 is 2.71 bits per heavy atom. The molecule has 0 aliphatic carbocycles. The minimum Gasteiger partial charge on any atom is -0.347 e. The van der Waals surface area contributed by atoms with Crippen LogP contribution in [0.25, 0.3) is 10.9 Å². The Balaban J connectivity index is 2.47. The summed E-state index contributed by atoms with van der Waals surface area (Å²) in [6, 6.07) is 7.57. The second kappa shape index (κ2) is 4.41. The third-order valence-corrected chi connectivity index (χ3v) is 2.75. The number of aldehydes is 1. The fraction of sp³-hybridized carbons (Fsp3) is 0.231. The number of fused-ring (bicyclic) bond motifs is 1. The summed E-state index contributed by atoms with van der Waals surface area (Å²) in [4.78, 5) is 24.2. The predicted molar refractivity (Wildman–Crippen MR) is 66.0 cm³/mol. The van der Waals surface area contributed by atoms with Crippen LogP contribution in [-0.2, 0) is 11.3 Å². The van der Waals surface area contributed by atoms with Gasteiger partial charge in [-0.05, 0) is 6.07 Å². The van der Waals surface area contributed by atoms with Gasteiger partial charge in [-0.1, -0.05) is 18.2 Å². The second-order valence-electron chi connectivity index (χ2n) is 4.14. The van der Waals surface area contributed by atoms with Crippen LogP contribution in [-0.4, -0.2) is 35.8 Å². The van der Waals surface area contributed by atoms with E-state index in [9.17, 15) is 9.59 Å². The Morgan fingerprint density at radius 1 is 1.35 bits per heavy atom. The zero-order valence-electron chi connectivity index (χ0n) is 9.88. The number of hydrogen-bond acceptors (Lipinski definition) is 2. The van der Waals surface area contributed by atoms with Gasteiger partial charge in [0.05, 0.1) is 0 Å². The molecule has 88 valence electrons. The molecule has 0 saturated heterocycles. The summed E-state index contributed by atoms with van der Waals surface area (Å²) >= 11 is 0. The zero-order valence-corrected chi connectivity index (χ0v) is 9.88. The van der Waals surface area contributed by atoms with Crippen molar-refractivity contribution >= 4 is 23.1 Å². The van der Waals surface area contributed by atoms with Crippen molar-refractivity contribution in [1.82, 2.24) is 9.47 Å². The first-order chi connectivity index (χ1) is 8.13. The smallest absolute Gasteiger partial charge is 0.241 e.